The Morgan fingerprint density at radius 3 is 2.58 bits per heavy atom. The molecule has 2 aromatic heterocycles. The van der Waals surface area contributed by atoms with Gasteiger partial charge in [0.15, 0.2) is 5.65 Å². The van der Waals surface area contributed by atoms with Crippen molar-refractivity contribution >= 4 is 22.8 Å². The number of ether oxygens (including phenoxy) is 2. The molecule has 0 unspecified atom stereocenters. The molecule has 2 fully saturated rings. The number of nitrogens with one attached hydrogen (secondary N) is 1. The second-order valence-electron chi connectivity index (χ2n) is 8.32. The van der Waals surface area contributed by atoms with E-state index < -0.39 is 12.1 Å². The average molecular weight is 461 g/mol. The first-order valence-corrected chi connectivity index (χ1v) is 10.7. The average Bonchev–Trinajstić information content (AvgIpc) is 3.14. The summed E-state index contributed by atoms with van der Waals surface area (Å²) in [7, 11) is 0. The van der Waals surface area contributed by atoms with Crippen molar-refractivity contribution in [1.29, 1.82) is 0 Å². The topological polar surface area (TPSA) is 106 Å². The molecule has 0 atom stereocenters. The molecule has 174 valence electrons. The highest BCUT2D eigenvalue weighted by molar-refractivity contribution is 5.99. The standard InChI is InChI=1S/C22H22F3N5O3/c23-22(24,25)33-14-1-2-16(17(26)9-14)21(31)30-7-4-12(5-8-30)15-3-6-27-20-18(15)28-19(29-20)13-10-32-11-13/h1-3,6,9,12-13H,4-5,7-8,10-11,26H2,(H,27,28,29). The minimum atomic E-state index is -4.82. The van der Waals surface area contributed by atoms with E-state index in [-0.39, 0.29) is 29.0 Å². The van der Waals surface area contributed by atoms with E-state index in [1.54, 1.807) is 11.1 Å². The van der Waals surface area contributed by atoms with Gasteiger partial charge < -0.3 is 25.1 Å². The number of amides is 1. The van der Waals surface area contributed by atoms with Crippen LogP contribution in [0, 0.1) is 0 Å². The van der Waals surface area contributed by atoms with Crippen molar-refractivity contribution in [3.63, 3.8) is 0 Å². The maximum atomic E-state index is 12.9. The van der Waals surface area contributed by atoms with Crippen molar-refractivity contribution < 1.29 is 27.4 Å². The Balaban J connectivity index is 1.27. The number of likely N-dealkylation sites (tertiary alicyclic amines) is 1. The number of carbonyl (C=O) groups excluding carboxylic acids is 1. The molecule has 4 heterocycles. The zero-order valence-corrected chi connectivity index (χ0v) is 17.6. The molecule has 0 saturated carbocycles. The Bertz CT molecular complexity index is 1180. The number of piperidine rings is 1. The van der Waals surface area contributed by atoms with Gasteiger partial charge in [-0.3, -0.25) is 4.79 Å². The van der Waals surface area contributed by atoms with Gasteiger partial charge in [-0.05, 0) is 42.5 Å². The van der Waals surface area contributed by atoms with E-state index >= 15 is 0 Å². The van der Waals surface area contributed by atoms with E-state index in [4.69, 9.17) is 15.5 Å². The lowest BCUT2D eigenvalue weighted by atomic mass is 9.89. The molecule has 0 radical (unpaired) electrons. The fourth-order valence-electron chi connectivity index (χ4n) is 4.36. The van der Waals surface area contributed by atoms with E-state index in [9.17, 15) is 18.0 Å². The van der Waals surface area contributed by atoms with E-state index in [1.807, 2.05) is 6.07 Å². The summed E-state index contributed by atoms with van der Waals surface area (Å²) < 4.78 is 46.3. The number of nitrogens with zero attached hydrogens (tertiary/aromatic N) is 3. The Kier molecular flexibility index (Phi) is 5.35. The summed E-state index contributed by atoms with van der Waals surface area (Å²) in [5, 5.41) is 0. The molecule has 2 aliphatic heterocycles. The Labute approximate surface area is 186 Å². The fraction of sp³-hybridized carbons (Fsp3) is 0.409. The molecule has 11 heteroatoms. The number of benzene rings is 1. The molecule has 33 heavy (non-hydrogen) atoms. The van der Waals surface area contributed by atoms with Gasteiger partial charge in [0.25, 0.3) is 5.91 Å². The van der Waals surface area contributed by atoms with Crippen molar-refractivity contribution in [3.05, 3.63) is 47.4 Å². The third-order valence-corrected chi connectivity index (χ3v) is 6.17. The van der Waals surface area contributed by atoms with Crippen LogP contribution in [0.3, 0.4) is 0 Å². The fourth-order valence-corrected chi connectivity index (χ4v) is 4.36. The smallest absolute Gasteiger partial charge is 0.406 e. The number of aromatic nitrogens is 3. The number of hydrogen-bond donors (Lipinski definition) is 2. The molecule has 1 amide bonds. The monoisotopic (exact) mass is 461 g/mol. The van der Waals surface area contributed by atoms with Gasteiger partial charge in [-0.15, -0.1) is 13.2 Å². The van der Waals surface area contributed by atoms with Crippen LogP contribution in [0.1, 0.15) is 46.4 Å². The molecule has 0 spiro atoms. The van der Waals surface area contributed by atoms with Crippen LogP contribution in [0.4, 0.5) is 18.9 Å². The first kappa shape index (κ1) is 21.5. The quantitative estimate of drug-likeness (QED) is 0.576. The van der Waals surface area contributed by atoms with Crippen LogP contribution in [-0.2, 0) is 4.74 Å². The second kappa shape index (κ2) is 8.22. The third-order valence-electron chi connectivity index (χ3n) is 6.17. The lowest BCUT2D eigenvalue weighted by Gasteiger charge is -2.32. The summed E-state index contributed by atoms with van der Waals surface area (Å²) in [6.07, 6.45) is -1.60. The lowest BCUT2D eigenvalue weighted by molar-refractivity contribution is -0.274. The normalized spacial score (nSPS) is 17.8. The molecular weight excluding hydrogens is 439 g/mol. The van der Waals surface area contributed by atoms with Gasteiger partial charge in [0.2, 0.25) is 0 Å². The number of alkyl halides is 3. The molecule has 0 aliphatic carbocycles. The molecule has 5 rings (SSSR count). The van der Waals surface area contributed by atoms with Gasteiger partial charge in [0.05, 0.1) is 24.7 Å². The van der Waals surface area contributed by atoms with Crippen LogP contribution < -0.4 is 10.5 Å². The molecule has 3 aromatic rings. The molecule has 1 aromatic carbocycles. The number of halogens is 3. The summed E-state index contributed by atoms with van der Waals surface area (Å²) in [6.45, 7) is 2.31. The molecule has 8 nitrogen and oxygen atoms in total. The first-order valence-electron chi connectivity index (χ1n) is 10.7. The molecule has 2 saturated heterocycles. The predicted molar refractivity (Wildman–Crippen MR) is 113 cm³/mol. The summed E-state index contributed by atoms with van der Waals surface area (Å²) in [4.78, 5) is 27.1. The van der Waals surface area contributed by atoms with Crippen molar-refractivity contribution in [2.24, 2.45) is 0 Å². The summed E-state index contributed by atoms with van der Waals surface area (Å²) in [5.74, 6) is 0.607. The number of nitrogens with two attached hydrogens (primary N) is 1. The molecule has 3 N–H and O–H groups in total. The van der Waals surface area contributed by atoms with Crippen molar-refractivity contribution in [3.8, 4) is 5.75 Å². The third kappa shape index (κ3) is 4.32. The number of hydrogen-bond acceptors (Lipinski definition) is 6. The van der Waals surface area contributed by atoms with Gasteiger partial charge in [0, 0.05) is 31.0 Å². The number of carbonyl (C=O) groups is 1. The molecular formula is C22H22F3N5O3. The highest BCUT2D eigenvalue weighted by Gasteiger charge is 2.32. The molecule has 0 bridgehead atoms. The number of aromatic amines is 1. The van der Waals surface area contributed by atoms with Crippen molar-refractivity contribution in [1.82, 2.24) is 19.9 Å². The molecule has 2 aliphatic rings. The summed E-state index contributed by atoms with van der Waals surface area (Å²) in [5.41, 5.74) is 8.66. The van der Waals surface area contributed by atoms with Crippen LogP contribution in [0.2, 0.25) is 0 Å². The Hall–Kier alpha value is -3.34. The van der Waals surface area contributed by atoms with E-state index in [1.165, 1.54) is 6.07 Å². The lowest BCUT2D eigenvalue weighted by Crippen LogP contribution is -2.38. The predicted octanol–water partition coefficient (Wildman–Crippen LogP) is 3.57. The number of nitrogen functional groups attached to an aromatic ring is 1. The number of rotatable bonds is 4. The number of imidazole rings is 1. The van der Waals surface area contributed by atoms with Crippen LogP contribution in [0.15, 0.2) is 30.5 Å². The van der Waals surface area contributed by atoms with E-state index in [2.05, 4.69) is 14.7 Å². The van der Waals surface area contributed by atoms with Gasteiger partial charge in [-0.25, -0.2) is 9.97 Å². The van der Waals surface area contributed by atoms with Crippen LogP contribution in [0.25, 0.3) is 11.2 Å². The number of anilines is 1. The van der Waals surface area contributed by atoms with Crippen LogP contribution in [0.5, 0.6) is 5.75 Å². The highest BCUT2D eigenvalue weighted by Crippen LogP contribution is 2.34. The first-order chi connectivity index (χ1) is 15.8. The van der Waals surface area contributed by atoms with E-state index in [0.717, 1.165) is 47.5 Å². The zero-order valence-electron chi connectivity index (χ0n) is 17.6. The van der Waals surface area contributed by atoms with E-state index in [0.29, 0.717) is 26.3 Å². The summed E-state index contributed by atoms with van der Waals surface area (Å²) >= 11 is 0. The second-order valence-corrected chi connectivity index (χ2v) is 8.32. The van der Waals surface area contributed by atoms with Gasteiger partial charge in [-0.2, -0.15) is 0 Å². The number of fused-ring (bicyclic) bond motifs is 1. The van der Waals surface area contributed by atoms with Gasteiger partial charge >= 0.3 is 6.36 Å². The SMILES string of the molecule is Nc1cc(OC(F)(F)F)ccc1C(=O)N1CCC(c2ccnc3[nH]c(C4COC4)nc23)CC1. The number of H-pyrrole nitrogens is 1. The minimum Gasteiger partial charge on any atom is -0.406 e. The maximum Gasteiger partial charge on any atom is 0.573 e. The van der Waals surface area contributed by atoms with Crippen molar-refractivity contribution in [2.75, 3.05) is 32.0 Å². The van der Waals surface area contributed by atoms with Crippen LogP contribution >= 0.6 is 0 Å². The number of pyridine rings is 1. The van der Waals surface area contributed by atoms with Gasteiger partial charge in [-0.1, -0.05) is 0 Å². The van der Waals surface area contributed by atoms with Gasteiger partial charge in [0.1, 0.15) is 17.1 Å². The van der Waals surface area contributed by atoms with Crippen LogP contribution in [-0.4, -0.2) is 58.4 Å². The zero-order chi connectivity index (χ0) is 23.2. The largest absolute Gasteiger partial charge is 0.573 e. The highest BCUT2D eigenvalue weighted by atomic mass is 19.4. The Morgan fingerprint density at radius 2 is 1.94 bits per heavy atom. The maximum absolute atomic E-state index is 12.9. The Morgan fingerprint density at radius 1 is 1.18 bits per heavy atom. The summed E-state index contributed by atoms with van der Waals surface area (Å²) in [6, 6.07) is 5.36. The van der Waals surface area contributed by atoms with Crippen molar-refractivity contribution in [2.45, 2.75) is 31.0 Å². The minimum absolute atomic E-state index is 0.0521.